The first-order valence-corrected chi connectivity index (χ1v) is 10.1. The molecule has 0 heterocycles. The lowest BCUT2D eigenvalue weighted by molar-refractivity contribution is 0.313. The van der Waals surface area contributed by atoms with Crippen LogP contribution >= 0.6 is 0 Å². The minimum absolute atomic E-state index is 0.00127. The van der Waals surface area contributed by atoms with Gasteiger partial charge in [0.05, 0.1) is 11.0 Å². The van der Waals surface area contributed by atoms with Gasteiger partial charge in [-0.15, -0.1) is 0 Å². The Morgan fingerprint density at radius 3 is 2.56 bits per heavy atom. The molecule has 1 aliphatic rings. The van der Waals surface area contributed by atoms with E-state index in [1.54, 1.807) is 0 Å². The Balaban J connectivity index is 2.53. The average molecular weight is 295 g/mol. The molecule has 18 heavy (non-hydrogen) atoms. The van der Waals surface area contributed by atoms with Gasteiger partial charge in [-0.1, -0.05) is 19.8 Å². The van der Waals surface area contributed by atoms with E-state index in [1.165, 1.54) is 6.26 Å². The van der Waals surface area contributed by atoms with Crippen molar-refractivity contribution >= 4 is 20.6 Å². The highest BCUT2D eigenvalue weighted by Crippen LogP contribution is 2.30. The molecule has 0 amide bonds. The van der Waals surface area contributed by atoms with Gasteiger partial charge in [-0.2, -0.15) is 0 Å². The topological polar surface area (TPSA) is 77.2 Å². The molecule has 4 atom stereocenters. The Labute approximate surface area is 113 Å². The van der Waals surface area contributed by atoms with Crippen LogP contribution in [-0.2, 0) is 20.6 Å². The summed E-state index contributed by atoms with van der Waals surface area (Å²) >= 11 is 0. The fourth-order valence-corrected chi connectivity index (χ4v) is 5.78. The van der Waals surface area contributed by atoms with E-state index in [-0.39, 0.29) is 22.8 Å². The number of hydrogen-bond donors (Lipinski definition) is 1. The number of sulfone groups is 1. The van der Waals surface area contributed by atoms with Crippen LogP contribution in [0.15, 0.2) is 0 Å². The average Bonchev–Trinajstić information content (AvgIpc) is 2.28. The largest absolute Gasteiger partial charge is 0.327 e. The van der Waals surface area contributed by atoms with E-state index in [4.69, 9.17) is 5.73 Å². The van der Waals surface area contributed by atoms with Crippen LogP contribution in [0.1, 0.15) is 39.0 Å². The predicted octanol–water partition coefficient (Wildman–Crippen LogP) is 1.08. The highest BCUT2D eigenvalue weighted by Gasteiger charge is 2.31. The molecule has 1 rings (SSSR count). The molecule has 0 radical (unpaired) electrons. The maximum absolute atomic E-state index is 12.2. The van der Waals surface area contributed by atoms with Gasteiger partial charge < -0.3 is 5.73 Å². The molecular weight excluding hydrogens is 270 g/mol. The van der Waals surface area contributed by atoms with Crippen molar-refractivity contribution < 1.29 is 12.6 Å². The van der Waals surface area contributed by atoms with Crippen LogP contribution < -0.4 is 5.73 Å². The number of rotatable bonds is 6. The van der Waals surface area contributed by atoms with E-state index in [9.17, 15) is 12.6 Å². The molecule has 0 aromatic heterocycles. The van der Waals surface area contributed by atoms with Crippen LogP contribution in [0, 0.1) is 5.92 Å². The van der Waals surface area contributed by atoms with E-state index in [0.717, 1.165) is 32.1 Å². The zero-order valence-corrected chi connectivity index (χ0v) is 12.9. The fraction of sp³-hybridized carbons (Fsp3) is 1.00. The molecule has 0 saturated heterocycles. The van der Waals surface area contributed by atoms with E-state index in [1.807, 2.05) is 0 Å². The molecule has 0 spiro atoms. The molecular formula is C12H25NO3S2. The van der Waals surface area contributed by atoms with E-state index >= 15 is 0 Å². The van der Waals surface area contributed by atoms with Crippen molar-refractivity contribution in [2.45, 2.75) is 50.3 Å². The van der Waals surface area contributed by atoms with Crippen molar-refractivity contribution in [1.29, 1.82) is 0 Å². The molecule has 0 aromatic carbocycles. The summed E-state index contributed by atoms with van der Waals surface area (Å²) in [6.45, 7) is 2.16. The van der Waals surface area contributed by atoms with Crippen molar-refractivity contribution in [2.75, 3.05) is 17.8 Å². The van der Waals surface area contributed by atoms with Gasteiger partial charge in [-0.25, -0.2) is 8.42 Å². The monoisotopic (exact) mass is 295 g/mol. The van der Waals surface area contributed by atoms with Gasteiger partial charge in [0, 0.05) is 28.9 Å². The van der Waals surface area contributed by atoms with E-state index in [0.29, 0.717) is 5.92 Å². The molecule has 1 fully saturated rings. The smallest absolute Gasteiger partial charge is 0.148 e. The van der Waals surface area contributed by atoms with Crippen LogP contribution in [0.25, 0.3) is 0 Å². The Hall–Kier alpha value is 0.0600. The normalized spacial score (nSPS) is 31.2. The first-order chi connectivity index (χ1) is 8.33. The van der Waals surface area contributed by atoms with Gasteiger partial charge in [0.25, 0.3) is 0 Å². The Kier molecular flexibility index (Phi) is 6.27. The molecule has 0 aliphatic heterocycles. The second kappa shape index (κ2) is 7.01. The van der Waals surface area contributed by atoms with Gasteiger partial charge in [-0.05, 0) is 25.2 Å². The highest BCUT2D eigenvalue weighted by molar-refractivity contribution is 7.92. The molecule has 0 aromatic rings. The molecule has 1 saturated carbocycles. The standard InChI is InChI=1S/C12H25NO3S2/c1-3-4-10-5-6-11(13)12(9-10)17(14)7-8-18(2,15)16/h10-12H,3-9,13H2,1-2H3. The maximum atomic E-state index is 12.2. The van der Waals surface area contributed by atoms with Crippen LogP contribution in [-0.4, -0.2) is 41.7 Å². The van der Waals surface area contributed by atoms with Crippen LogP contribution in [0.4, 0.5) is 0 Å². The van der Waals surface area contributed by atoms with Gasteiger partial charge in [0.1, 0.15) is 9.84 Å². The minimum Gasteiger partial charge on any atom is -0.327 e. The van der Waals surface area contributed by atoms with Crippen molar-refractivity contribution in [3.63, 3.8) is 0 Å². The second-order valence-electron chi connectivity index (χ2n) is 5.38. The Morgan fingerprint density at radius 1 is 1.33 bits per heavy atom. The van der Waals surface area contributed by atoms with Gasteiger partial charge in [0.2, 0.25) is 0 Å². The Bertz CT molecular complexity index is 381. The molecule has 1 aliphatic carbocycles. The maximum Gasteiger partial charge on any atom is 0.148 e. The number of hydrogen-bond acceptors (Lipinski definition) is 4. The first kappa shape index (κ1) is 16.1. The fourth-order valence-electron chi connectivity index (χ4n) is 2.59. The third kappa shape index (κ3) is 5.36. The summed E-state index contributed by atoms with van der Waals surface area (Å²) in [5, 5.41) is -0.0166. The number of nitrogens with two attached hydrogens (primary N) is 1. The van der Waals surface area contributed by atoms with Gasteiger partial charge >= 0.3 is 0 Å². The third-order valence-electron chi connectivity index (χ3n) is 3.64. The minimum atomic E-state index is -3.03. The van der Waals surface area contributed by atoms with Crippen LogP contribution in [0.5, 0.6) is 0 Å². The summed E-state index contributed by atoms with van der Waals surface area (Å²) in [4.78, 5) is 0. The van der Waals surface area contributed by atoms with E-state index < -0.39 is 20.6 Å². The lowest BCUT2D eigenvalue weighted by Gasteiger charge is -2.33. The van der Waals surface area contributed by atoms with Crippen LogP contribution in [0.3, 0.4) is 0 Å². The second-order valence-corrected chi connectivity index (χ2v) is 9.42. The molecule has 4 nitrogen and oxygen atoms in total. The molecule has 6 heteroatoms. The summed E-state index contributed by atoms with van der Waals surface area (Å²) in [5.41, 5.74) is 6.04. The summed E-state index contributed by atoms with van der Waals surface area (Å²) in [5.74, 6) is 0.846. The van der Waals surface area contributed by atoms with Crippen molar-refractivity contribution in [3.05, 3.63) is 0 Å². The molecule has 2 N–H and O–H groups in total. The SMILES string of the molecule is CCCC1CCC(N)C(S(=O)CCS(C)(=O)=O)C1. The highest BCUT2D eigenvalue weighted by atomic mass is 32.2. The summed E-state index contributed by atoms with van der Waals surface area (Å²) in [7, 11) is -4.14. The Morgan fingerprint density at radius 2 is 2.00 bits per heavy atom. The summed E-state index contributed by atoms with van der Waals surface area (Å²) < 4.78 is 34.4. The molecule has 0 bridgehead atoms. The zero-order chi connectivity index (χ0) is 13.8. The lowest BCUT2D eigenvalue weighted by Crippen LogP contribution is -2.44. The first-order valence-electron chi connectivity index (χ1n) is 6.64. The van der Waals surface area contributed by atoms with E-state index in [2.05, 4.69) is 6.92 Å². The summed E-state index contributed by atoms with van der Waals surface area (Å²) in [6.07, 6.45) is 6.42. The van der Waals surface area contributed by atoms with Gasteiger partial charge in [-0.3, -0.25) is 4.21 Å². The van der Waals surface area contributed by atoms with Crippen molar-refractivity contribution in [1.82, 2.24) is 0 Å². The lowest BCUT2D eigenvalue weighted by atomic mass is 9.83. The van der Waals surface area contributed by atoms with Crippen molar-refractivity contribution in [3.8, 4) is 0 Å². The predicted molar refractivity (Wildman–Crippen MR) is 76.7 cm³/mol. The molecule has 4 unspecified atom stereocenters. The quantitative estimate of drug-likeness (QED) is 0.795. The van der Waals surface area contributed by atoms with Gasteiger partial charge in [0.15, 0.2) is 0 Å². The van der Waals surface area contributed by atoms with Crippen molar-refractivity contribution in [2.24, 2.45) is 11.7 Å². The zero-order valence-electron chi connectivity index (χ0n) is 11.3. The third-order valence-corrected chi connectivity index (χ3v) is 6.67. The summed E-state index contributed by atoms with van der Waals surface area (Å²) in [6, 6.07) is -0.0292. The molecule has 108 valence electrons. The van der Waals surface area contributed by atoms with Crippen LogP contribution in [0.2, 0.25) is 0 Å².